The van der Waals surface area contributed by atoms with Gasteiger partial charge in [-0.05, 0) is 24.1 Å². The number of alkyl halides is 3. The van der Waals surface area contributed by atoms with Gasteiger partial charge in [0.05, 0.1) is 0 Å². The van der Waals surface area contributed by atoms with E-state index in [0.29, 0.717) is 32.3 Å². The summed E-state index contributed by atoms with van der Waals surface area (Å²) in [7, 11) is 0. The number of ketones is 1. The molecule has 0 aliphatic carbocycles. The third-order valence-corrected chi connectivity index (χ3v) is 3.66. The summed E-state index contributed by atoms with van der Waals surface area (Å²) in [5, 5.41) is 0. The third-order valence-electron chi connectivity index (χ3n) is 3.66. The van der Waals surface area contributed by atoms with Gasteiger partial charge < -0.3 is 4.90 Å². The van der Waals surface area contributed by atoms with E-state index in [2.05, 4.69) is 4.90 Å². The van der Waals surface area contributed by atoms with E-state index in [1.165, 1.54) is 18.3 Å². The van der Waals surface area contributed by atoms with E-state index in [1.807, 2.05) is 0 Å². The lowest BCUT2D eigenvalue weighted by molar-refractivity contribution is -0.165. The molecule has 1 heterocycles. The van der Waals surface area contributed by atoms with Crippen molar-refractivity contribution in [1.29, 1.82) is 0 Å². The highest BCUT2D eigenvalue weighted by atomic mass is 19.4. The maximum atomic E-state index is 12.9. The van der Waals surface area contributed by atoms with Gasteiger partial charge in [0.15, 0.2) is 0 Å². The van der Waals surface area contributed by atoms with Gasteiger partial charge in [0.2, 0.25) is 0 Å². The molecule has 3 nitrogen and oxygen atoms in total. The molecule has 0 radical (unpaired) electrons. The van der Waals surface area contributed by atoms with Crippen LogP contribution in [-0.4, -0.2) is 47.9 Å². The Morgan fingerprint density at radius 2 is 1.78 bits per heavy atom. The number of allylic oxidation sites excluding steroid dienone is 1. The van der Waals surface area contributed by atoms with Crippen LogP contribution in [0.25, 0.3) is 0 Å². The topological polar surface area (TPSA) is 23.6 Å². The van der Waals surface area contributed by atoms with Crippen molar-refractivity contribution < 1.29 is 22.4 Å². The van der Waals surface area contributed by atoms with E-state index in [0.717, 1.165) is 18.5 Å². The molecule has 0 N–H and O–H groups in total. The summed E-state index contributed by atoms with van der Waals surface area (Å²) < 4.78 is 49.4. The van der Waals surface area contributed by atoms with Gasteiger partial charge in [-0.1, -0.05) is 12.1 Å². The first kappa shape index (κ1) is 17.5. The molecule has 0 spiro atoms. The molecule has 2 rings (SSSR count). The molecule has 1 aliphatic rings. The summed E-state index contributed by atoms with van der Waals surface area (Å²) in [5.74, 6) is -2.12. The Morgan fingerprint density at radius 1 is 1.09 bits per heavy atom. The van der Waals surface area contributed by atoms with Gasteiger partial charge in [0.1, 0.15) is 5.82 Å². The number of hydrogen-bond donors (Lipinski definition) is 0. The highest BCUT2D eigenvalue weighted by Gasteiger charge is 2.36. The van der Waals surface area contributed by atoms with Crippen LogP contribution >= 0.6 is 0 Å². The Balaban J connectivity index is 1.86. The van der Waals surface area contributed by atoms with Crippen LogP contribution in [0, 0.1) is 5.82 Å². The summed E-state index contributed by atoms with van der Waals surface area (Å²) in [4.78, 5) is 14.7. The van der Waals surface area contributed by atoms with Crippen LogP contribution in [0.1, 0.15) is 12.0 Å². The van der Waals surface area contributed by atoms with Crippen LogP contribution in [0.15, 0.2) is 36.5 Å². The van der Waals surface area contributed by atoms with Crippen molar-refractivity contribution in [2.75, 3.05) is 26.2 Å². The second-order valence-electron chi connectivity index (χ2n) is 5.47. The van der Waals surface area contributed by atoms with Crippen molar-refractivity contribution in [3.05, 3.63) is 47.9 Å². The van der Waals surface area contributed by atoms with Crippen LogP contribution in [-0.2, 0) is 11.3 Å². The van der Waals surface area contributed by atoms with E-state index in [4.69, 9.17) is 0 Å². The largest absolute Gasteiger partial charge is 0.454 e. The van der Waals surface area contributed by atoms with Crippen molar-refractivity contribution in [2.24, 2.45) is 0 Å². The Kier molecular flexibility index (Phi) is 5.76. The van der Waals surface area contributed by atoms with Crippen LogP contribution < -0.4 is 0 Å². The SMILES string of the molecule is O=C(C=CN1CCCN(Cc2ccc(F)cc2)CC1)C(F)(F)F. The normalized spacial score (nSPS) is 17.5. The Labute approximate surface area is 132 Å². The molecule has 1 fully saturated rings. The lowest BCUT2D eigenvalue weighted by atomic mass is 10.2. The number of hydrogen-bond acceptors (Lipinski definition) is 3. The quantitative estimate of drug-likeness (QED) is 0.626. The number of halogens is 4. The Bertz CT molecular complexity index is 554. The molecular weight excluding hydrogens is 312 g/mol. The molecule has 0 unspecified atom stereocenters. The molecule has 126 valence electrons. The fourth-order valence-electron chi connectivity index (χ4n) is 2.41. The molecule has 0 bridgehead atoms. The lowest BCUT2D eigenvalue weighted by Gasteiger charge is -2.20. The zero-order chi connectivity index (χ0) is 16.9. The Morgan fingerprint density at radius 3 is 2.43 bits per heavy atom. The minimum absolute atomic E-state index is 0.282. The fraction of sp³-hybridized carbons (Fsp3) is 0.438. The van der Waals surface area contributed by atoms with E-state index < -0.39 is 12.0 Å². The fourth-order valence-corrected chi connectivity index (χ4v) is 2.41. The highest BCUT2D eigenvalue weighted by molar-refractivity contribution is 5.94. The number of nitrogens with zero attached hydrogens (tertiary/aromatic N) is 2. The molecule has 0 amide bonds. The Hall–Kier alpha value is -1.89. The predicted molar refractivity (Wildman–Crippen MR) is 78.1 cm³/mol. The molecule has 0 aromatic heterocycles. The highest BCUT2D eigenvalue weighted by Crippen LogP contribution is 2.17. The molecule has 23 heavy (non-hydrogen) atoms. The zero-order valence-corrected chi connectivity index (χ0v) is 12.5. The summed E-state index contributed by atoms with van der Waals surface area (Å²) in [6, 6.07) is 6.26. The van der Waals surface area contributed by atoms with Crippen LogP contribution in [0.4, 0.5) is 17.6 Å². The molecule has 1 aromatic carbocycles. The predicted octanol–water partition coefficient (Wildman–Crippen LogP) is 2.98. The van der Waals surface area contributed by atoms with E-state index in [9.17, 15) is 22.4 Å². The smallest absolute Gasteiger partial charge is 0.376 e. The van der Waals surface area contributed by atoms with E-state index >= 15 is 0 Å². The third kappa shape index (κ3) is 5.67. The van der Waals surface area contributed by atoms with Gasteiger partial charge in [0, 0.05) is 45.0 Å². The molecule has 1 saturated heterocycles. The second-order valence-corrected chi connectivity index (χ2v) is 5.47. The minimum atomic E-state index is -4.82. The van der Waals surface area contributed by atoms with Crippen LogP contribution in [0.2, 0.25) is 0 Å². The molecule has 0 atom stereocenters. The van der Waals surface area contributed by atoms with Crippen LogP contribution in [0.3, 0.4) is 0 Å². The molecule has 1 aromatic rings. The van der Waals surface area contributed by atoms with Crippen molar-refractivity contribution in [3.8, 4) is 0 Å². The number of carbonyl (C=O) groups excluding carboxylic acids is 1. The summed E-state index contributed by atoms with van der Waals surface area (Å²) in [6.45, 7) is 3.28. The van der Waals surface area contributed by atoms with Crippen LogP contribution in [0.5, 0.6) is 0 Å². The summed E-state index contributed by atoms with van der Waals surface area (Å²) >= 11 is 0. The molecule has 0 saturated carbocycles. The standard InChI is InChI=1S/C16H18F4N2O/c17-14-4-2-13(3-5-14)12-22-8-1-7-21(10-11-22)9-6-15(23)16(18,19)20/h2-6,9H,1,7-8,10-12H2. The van der Waals surface area contributed by atoms with Gasteiger partial charge in [-0.25, -0.2) is 4.39 Å². The van der Waals surface area contributed by atoms with Gasteiger partial charge in [-0.15, -0.1) is 0 Å². The van der Waals surface area contributed by atoms with E-state index in [1.54, 1.807) is 17.0 Å². The average molecular weight is 330 g/mol. The van der Waals surface area contributed by atoms with Crippen molar-refractivity contribution in [1.82, 2.24) is 9.80 Å². The van der Waals surface area contributed by atoms with E-state index in [-0.39, 0.29) is 5.82 Å². The first-order valence-corrected chi connectivity index (χ1v) is 7.35. The minimum Gasteiger partial charge on any atom is -0.376 e. The monoisotopic (exact) mass is 330 g/mol. The first-order chi connectivity index (χ1) is 10.8. The van der Waals surface area contributed by atoms with Crippen molar-refractivity contribution in [2.45, 2.75) is 19.1 Å². The van der Waals surface area contributed by atoms with Gasteiger partial charge in [-0.3, -0.25) is 9.69 Å². The van der Waals surface area contributed by atoms with Gasteiger partial charge in [0.25, 0.3) is 5.78 Å². The molecule has 7 heteroatoms. The number of carbonyl (C=O) groups is 1. The lowest BCUT2D eigenvalue weighted by Crippen LogP contribution is -2.28. The number of benzene rings is 1. The maximum absolute atomic E-state index is 12.9. The second kappa shape index (κ2) is 7.59. The average Bonchev–Trinajstić information content (AvgIpc) is 2.71. The zero-order valence-electron chi connectivity index (χ0n) is 12.5. The number of rotatable bonds is 4. The van der Waals surface area contributed by atoms with Gasteiger partial charge >= 0.3 is 6.18 Å². The first-order valence-electron chi connectivity index (χ1n) is 7.35. The summed E-state index contributed by atoms with van der Waals surface area (Å²) in [5.41, 5.74) is 0.989. The van der Waals surface area contributed by atoms with Gasteiger partial charge in [-0.2, -0.15) is 13.2 Å². The van der Waals surface area contributed by atoms with Crippen molar-refractivity contribution in [3.63, 3.8) is 0 Å². The molecule has 1 aliphatic heterocycles. The van der Waals surface area contributed by atoms with Crippen molar-refractivity contribution >= 4 is 5.78 Å². The maximum Gasteiger partial charge on any atom is 0.454 e. The summed E-state index contributed by atoms with van der Waals surface area (Å²) in [6.07, 6.45) is -2.24. The molecular formula is C16H18F4N2O.